The first-order valence-corrected chi connectivity index (χ1v) is 6.01. The van der Waals surface area contributed by atoms with E-state index in [-0.39, 0.29) is 22.7 Å². The predicted molar refractivity (Wildman–Crippen MR) is 64.4 cm³/mol. The minimum Gasteiger partial charge on any atom is -0.463 e. The van der Waals surface area contributed by atoms with Crippen molar-refractivity contribution in [2.45, 2.75) is 13.8 Å². The van der Waals surface area contributed by atoms with Crippen LogP contribution < -0.4 is 5.32 Å². The largest absolute Gasteiger partial charge is 0.463 e. The molecular formula is C9H12ClN3O3S. The lowest BCUT2D eigenvalue weighted by Crippen LogP contribution is -2.32. The van der Waals surface area contributed by atoms with Crippen molar-refractivity contribution in [3.8, 4) is 0 Å². The first-order valence-electron chi connectivity index (χ1n) is 4.70. The van der Waals surface area contributed by atoms with E-state index in [9.17, 15) is 9.59 Å². The lowest BCUT2D eigenvalue weighted by Gasteiger charge is -2.18. The molecule has 94 valence electrons. The summed E-state index contributed by atoms with van der Waals surface area (Å²) in [6, 6.07) is 0. The van der Waals surface area contributed by atoms with E-state index in [0.717, 1.165) is 11.5 Å². The molecule has 8 heteroatoms. The molecule has 0 radical (unpaired) electrons. The number of ether oxygens (including phenoxy) is 1. The number of carbonyl (C=O) groups is 2. The van der Waals surface area contributed by atoms with Crippen molar-refractivity contribution in [1.82, 2.24) is 9.36 Å². The third-order valence-electron chi connectivity index (χ3n) is 1.96. The molecule has 1 N–H and O–H groups in total. The topological polar surface area (TPSA) is 81.2 Å². The number of alkyl halides is 1. The van der Waals surface area contributed by atoms with Crippen molar-refractivity contribution in [3.05, 3.63) is 5.82 Å². The van der Waals surface area contributed by atoms with Gasteiger partial charge < -0.3 is 10.1 Å². The van der Waals surface area contributed by atoms with Crippen molar-refractivity contribution in [2.75, 3.05) is 18.3 Å². The summed E-state index contributed by atoms with van der Waals surface area (Å²) < 4.78 is 8.21. The Bertz CT molecular complexity index is 433. The van der Waals surface area contributed by atoms with Crippen LogP contribution in [0.1, 0.15) is 24.5 Å². The highest BCUT2D eigenvalue weighted by Gasteiger charge is 2.27. The van der Waals surface area contributed by atoms with Gasteiger partial charge in [0.2, 0.25) is 11.0 Å². The number of amides is 1. The van der Waals surface area contributed by atoms with Crippen LogP contribution in [-0.4, -0.2) is 34.2 Å². The summed E-state index contributed by atoms with van der Waals surface area (Å²) in [6.07, 6.45) is 0. The first-order chi connectivity index (χ1) is 7.90. The maximum atomic E-state index is 11.7. The highest BCUT2D eigenvalue weighted by Crippen LogP contribution is 2.21. The lowest BCUT2D eigenvalue weighted by molar-refractivity contribution is -0.122. The Morgan fingerprint density at radius 3 is 2.71 bits per heavy atom. The van der Waals surface area contributed by atoms with Gasteiger partial charge in [-0.05, 0) is 13.8 Å². The number of esters is 1. The average Bonchev–Trinajstić information content (AvgIpc) is 2.76. The number of hydrogen-bond donors (Lipinski definition) is 1. The third kappa shape index (κ3) is 3.37. The fraction of sp³-hybridized carbons (Fsp3) is 0.556. The molecule has 1 amide bonds. The zero-order valence-electron chi connectivity index (χ0n) is 9.61. The van der Waals surface area contributed by atoms with Gasteiger partial charge in [-0.25, -0.2) is 4.79 Å². The lowest BCUT2D eigenvalue weighted by atomic mass is 9.95. The summed E-state index contributed by atoms with van der Waals surface area (Å²) in [5, 5.41) is 2.79. The smallest absolute Gasteiger partial charge is 0.377 e. The van der Waals surface area contributed by atoms with Crippen molar-refractivity contribution in [2.24, 2.45) is 5.41 Å². The second kappa shape index (κ2) is 5.42. The van der Waals surface area contributed by atoms with Gasteiger partial charge in [0.05, 0.1) is 12.5 Å². The number of anilines is 1. The maximum Gasteiger partial charge on any atom is 0.377 e. The molecule has 1 aromatic rings. The molecule has 0 fully saturated rings. The minimum atomic E-state index is -0.710. The van der Waals surface area contributed by atoms with Crippen LogP contribution in [0.5, 0.6) is 0 Å². The molecule has 1 heterocycles. The van der Waals surface area contributed by atoms with Gasteiger partial charge in [0.15, 0.2) is 0 Å². The highest BCUT2D eigenvalue weighted by molar-refractivity contribution is 7.10. The second-order valence-corrected chi connectivity index (χ2v) is 4.91. The van der Waals surface area contributed by atoms with Crippen LogP contribution >= 0.6 is 23.1 Å². The van der Waals surface area contributed by atoms with Crippen LogP contribution in [0.2, 0.25) is 0 Å². The molecule has 0 unspecified atom stereocenters. The predicted octanol–water partition coefficient (Wildman–Crippen LogP) is 1.53. The van der Waals surface area contributed by atoms with Crippen LogP contribution in [0.25, 0.3) is 0 Å². The van der Waals surface area contributed by atoms with Crippen LogP contribution in [-0.2, 0) is 9.53 Å². The molecule has 0 aliphatic carbocycles. The first kappa shape index (κ1) is 13.9. The molecule has 0 spiro atoms. The number of methoxy groups -OCH3 is 1. The number of aromatic nitrogens is 2. The Morgan fingerprint density at radius 2 is 2.18 bits per heavy atom. The zero-order chi connectivity index (χ0) is 13.1. The fourth-order valence-corrected chi connectivity index (χ4v) is 1.45. The normalized spacial score (nSPS) is 11.1. The maximum absolute atomic E-state index is 11.7. The summed E-state index contributed by atoms with van der Waals surface area (Å²) in [4.78, 5) is 26.7. The summed E-state index contributed by atoms with van der Waals surface area (Å²) >= 11 is 6.58. The van der Waals surface area contributed by atoms with Gasteiger partial charge in [0.1, 0.15) is 0 Å². The number of hydrogen-bond acceptors (Lipinski definition) is 6. The quantitative estimate of drug-likeness (QED) is 0.667. The van der Waals surface area contributed by atoms with Crippen molar-refractivity contribution in [3.63, 3.8) is 0 Å². The van der Waals surface area contributed by atoms with E-state index in [1.807, 2.05) is 0 Å². The van der Waals surface area contributed by atoms with Crippen molar-refractivity contribution in [1.29, 1.82) is 0 Å². The van der Waals surface area contributed by atoms with Gasteiger partial charge in [-0.3, -0.25) is 4.79 Å². The molecule has 6 nitrogen and oxygen atoms in total. The van der Waals surface area contributed by atoms with Gasteiger partial charge >= 0.3 is 5.97 Å². The van der Waals surface area contributed by atoms with E-state index >= 15 is 0 Å². The van der Waals surface area contributed by atoms with Gasteiger partial charge in [-0.1, -0.05) is 0 Å². The third-order valence-corrected chi connectivity index (χ3v) is 3.26. The number of carbonyl (C=O) groups excluding carboxylic acids is 2. The molecule has 0 aromatic carbocycles. The van der Waals surface area contributed by atoms with E-state index in [2.05, 4.69) is 19.4 Å². The fourth-order valence-electron chi connectivity index (χ4n) is 0.775. The molecule has 0 bridgehead atoms. The SMILES string of the molecule is COC(=O)c1nsc(NC(=O)C(C)(C)CCl)n1. The number of halogens is 1. The van der Waals surface area contributed by atoms with Gasteiger partial charge in [-0.15, -0.1) is 11.6 Å². The van der Waals surface area contributed by atoms with Gasteiger partial charge in [0.25, 0.3) is 5.82 Å². The van der Waals surface area contributed by atoms with E-state index in [1.165, 1.54) is 7.11 Å². The second-order valence-electron chi connectivity index (χ2n) is 3.89. The standard InChI is InChI=1S/C9H12ClN3O3S/c1-9(2,4-10)7(15)12-8-11-5(13-17-8)6(14)16-3/h4H2,1-3H3,(H,11,12,13,15). The Labute approximate surface area is 107 Å². The van der Waals surface area contributed by atoms with Crippen LogP contribution in [0.15, 0.2) is 0 Å². The van der Waals surface area contributed by atoms with Crippen molar-refractivity contribution < 1.29 is 14.3 Å². The molecule has 17 heavy (non-hydrogen) atoms. The van der Waals surface area contributed by atoms with Gasteiger partial charge in [0, 0.05) is 17.4 Å². The molecule has 0 aliphatic heterocycles. The Morgan fingerprint density at radius 1 is 1.53 bits per heavy atom. The summed E-state index contributed by atoms with van der Waals surface area (Å²) in [5.74, 6) is -0.809. The van der Waals surface area contributed by atoms with Crippen LogP contribution in [0.4, 0.5) is 5.13 Å². The van der Waals surface area contributed by atoms with Crippen LogP contribution in [0, 0.1) is 5.41 Å². The monoisotopic (exact) mass is 277 g/mol. The van der Waals surface area contributed by atoms with Gasteiger partial charge in [-0.2, -0.15) is 9.36 Å². The number of rotatable bonds is 4. The molecule has 0 atom stereocenters. The Balaban J connectivity index is 2.73. The average molecular weight is 278 g/mol. The zero-order valence-corrected chi connectivity index (χ0v) is 11.2. The Kier molecular flexibility index (Phi) is 4.41. The van der Waals surface area contributed by atoms with E-state index in [1.54, 1.807) is 13.8 Å². The molecular weight excluding hydrogens is 266 g/mol. The molecule has 0 saturated heterocycles. The molecule has 1 rings (SSSR count). The highest BCUT2D eigenvalue weighted by atomic mass is 35.5. The van der Waals surface area contributed by atoms with E-state index in [0.29, 0.717) is 0 Å². The number of nitrogens with one attached hydrogen (secondary N) is 1. The molecule has 0 aliphatic rings. The van der Waals surface area contributed by atoms with Crippen molar-refractivity contribution >= 4 is 40.1 Å². The summed E-state index contributed by atoms with van der Waals surface area (Å²) in [6.45, 7) is 3.41. The molecule has 0 saturated carbocycles. The van der Waals surface area contributed by atoms with E-state index in [4.69, 9.17) is 11.6 Å². The number of nitrogens with zero attached hydrogens (tertiary/aromatic N) is 2. The van der Waals surface area contributed by atoms with E-state index < -0.39 is 11.4 Å². The minimum absolute atomic E-state index is 0.0727. The Hall–Kier alpha value is -1.21. The van der Waals surface area contributed by atoms with Crippen LogP contribution in [0.3, 0.4) is 0 Å². The molecule has 1 aromatic heterocycles. The summed E-state index contributed by atoms with van der Waals surface area (Å²) in [7, 11) is 1.23. The summed E-state index contributed by atoms with van der Waals surface area (Å²) in [5.41, 5.74) is -0.710.